The van der Waals surface area contributed by atoms with Gasteiger partial charge in [0.15, 0.2) is 11.5 Å². The SMILES string of the molecule is CC(O)COc1cc([N+](=O)[O-])c([N+](=O)[O-])cc1OCC(C)O. The minimum absolute atomic E-state index is 0.126. The van der Waals surface area contributed by atoms with E-state index in [9.17, 15) is 30.4 Å². The number of aliphatic hydroxyl groups excluding tert-OH is 2. The van der Waals surface area contributed by atoms with Gasteiger partial charge in [0.05, 0.1) is 34.2 Å². The van der Waals surface area contributed by atoms with E-state index in [0.717, 1.165) is 12.1 Å². The van der Waals surface area contributed by atoms with E-state index in [-0.39, 0.29) is 24.7 Å². The molecule has 0 heterocycles. The molecule has 0 saturated carbocycles. The summed E-state index contributed by atoms with van der Waals surface area (Å²) in [6.07, 6.45) is -1.70. The minimum Gasteiger partial charge on any atom is -0.487 e. The maximum atomic E-state index is 10.9. The molecule has 2 unspecified atom stereocenters. The van der Waals surface area contributed by atoms with Crippen LogP contribution in [-0.2, 0) is 0 Å². The van der Waals surface area contributed by atoms with Gasteiger partial charge in [0.2, 0.25) is 0 Å². The highest BCUT2D eigenvalue weighted by Gasteiger charge is 2.28. The fourth-order valence-corrected chi connectivity index (χ4v) is 1.48. The first kappa shape index (κ1) is 17.6. The number of ether oxygens (including phenoxy) is 2. The molecule has 0 aromatic heterocycles. The summed E-state index contributed by atoms with van der Waals surface area (Å²) in [5.41, 5.74) is -1.51. The van der Waals surface area contributed by atoms with Crippen LogP contribution in [0.3, 0.4) is 0 Å². The van der Waals surface area contributed by atoms with Gasteiger partial charge in [-0.1, -0.05) is 0 Å². The Morgan fingerprint density at radius 3 is 1.50 bits per heavy atom. The standard InChI is InChI=1S/C12H16N2O8/c1-7(15)5-21-11-3-9(13(17)18)10(14(19)20)4-12(11)22-6-8(2)16/h3-4,7-8,15-16H,5-6H2,1-2H3. The zero-order chi connectivity index (χ0) is 16.9. The molecule has 0 radical (unpaired) electrons. The zero-order valence-corrected chi connectivity index (χ0v) is 12.0. The van der Waals surface area contributed by atoms with Gasteiger partial charge in [-0.3, -0.25) is 20.2 Å². The molecule has 0 fully saturated rings. The Morgan fingerprint density at radius 1 is 0.955 bits per heavy atom. The molecule has 1 aromatic carbocycles. The van der Waals surface area contributed by atoms with Gasteiger partial charge in [0.25, 0.3) is 0 Å². The smallest absolute Gasteiger partial charge is 0.350 e. The van der Waals surface area contributed by atoms with Crippen molar-refractivity contribution in [2.45, 2.75) is 26.1 Å². The van der Waals surface area contributed by atoms with Crippen LogP contribution in [0.2, 0.25) is 0 Å². The van der Waals surface area contributed by atoms with E-state index in [0.29, 0.717) is 0 Å². The summed E-state index contributed by atoms with van der Waals surface area (Å²) in [7, 11) is 0. The highest BCUT2D eigenvalue weighted by molar-refractivity contribution is 5.62. The molecule has 0 aliphatic rings. The summed E-state index contributed by atoms with van der Waals surface area (Å²) < 4.78 is 10.3. The molecule has 0 aliphatic heterocycles. The van der Waals surface area contributed by atoms with Crippen LogP contribution in [0.25, 0.3) is 0 Å². The highest BCUT2D eigenvalue weighted by Crippen LogP contribution is 2.39. The first-order chi connectivity index (χ1) is 10.2. The Hall–Kier alpha value is -2.46. The van der Waals surface area contributed by atoms with Crippen molar-refractivity contribution in [2.75, 3.05) is 13.2 Å². The number of hydrogen-bond acceptors (Lipinski definition) is 8. The summed E-state index contributed by atoms with van der Waals surface area (Å²) in [4.78, 5) is 20.0. The highest BCUT2D eigenvalue weighted by atomic mass is 16.6. The Bertz CT molecular complexity index is 509. The Balaban J connectivity index is 3.26. The van der Waals surface area contributed by atoms with Crippen molar-refractivity contribution in [2.24, 2.45) is 0 Å². The topological polar surface area (TPSA) is 145 Å². The van der Waals surface area contributed by atoms with Gasteiger partial charge in [-0.15, -0.1) is 0 Å². The van der Waals surface area contributed by atoms with Gasteiger partial charge >= 0.3 is 11.4 Å². The second-order valence-corrected chi connectivity index (χ2v) is 4.62. The van der Waals surface area contributed by atoms with Crippen molar-refractivity contribution in [3.8, 4) is 11.5 Å². The van der Waals surface area contributed by atoms with Crippen LogP contribution in [0.15, 0.2) is 12.1 Å². The van der Waals surface area contributed by atoms with Crippen molar-refractivity contribution in [1.82, 2.24) is 0 Å². The molecule has 22 heavy (non-hydrogen) atoms. The number of hydrogen-bond donors (Lipinski definition) is 2. The normalized spacial score (nSPS) is 13.3. The monoisotopic (exact) mass is 316 g/mol. The van der Waals surface area contributed by atoms with Crippen molar-refractivity contribution < 1.29 is 29.5 Å². The van der Waals surface area contributed by atoms with Crippen molar-refractivity contribution in [3.05, 3.63) is 32.4 Å². The first-order valence-corrected chi connectivity index (χ1v) is 6.31. The van der Waals surface area contributed by atoms with E-state index in [1.54, 1.807) is 0 Å². The summed E-state index contributed by atoms with van der Waals surface area (Å²) in [6, 6.07) is 1.72. The van der Waals surface area contributed by atoms with Crippen LogP contribution in [0, 0.1) is 20.2 Å². The molecule has 0 bridgehead atoms. The summed E-state index contributed by atoms with van der Waals surface area (Å²) in [6.45, 7) is 2.52. The maximum Gasteiger partial charge on any atom is 0.350 e. The molecule has 0 spiro atoms. The maximum absolute atomic E-state index is 10.9. The molecular formula is C12H16N2O8. The summed E-state index contributed by atoms with van der Waals surface area (Å²) in [5.74, 6) is -0.252. The molecule has 2 N–H and O–H groups in total. The van der Waals surface area contributed by atoms with Crippen LogP contribution in [0.1, 0.15) is 13.8 Å². The number of rotatable bonds is 8. The fraction of sp³-hybridized carbons (Fsp3) is 0.500. The number of nitrogens with zero attached hydrogens (tertiary/aromatic N) is 2. The number of nitro groups is 2. The predicted octanol–water partition coefficient (Wildman–Crippen LogP) is 1.02. The van der Waals surface area contributed by atoms with Crippen LogP contribution < -0.4 is 9.47 Å². The van der Waals surface area contributed by atoms with Crippen molar-refractivity contribution in [1.29, 1.82) is 0 Å². The second-order valence-electron chi connectivity index (χ2n) is 4.62. The molecule has 0 saturated heterocycles. The number of benzene rings is 1. The summed E-state index contributed by atoms with van der Waals surface area (Å²) >= 11 is 0. The lowest BCUT2D eigenvalue weighted by molar-refractivity contribution is -0.422. The Labute approximate surface area is 125 Å². The third kappa shape index (κ3) is 4.82. The zero-order valence-electron chi connectivity index (χ0n) is 12.0. The van der Waals surface area contributed by atoms with Gasteiger partial charge in [-0.2, -0.15) is 0 Å². The molecule has 10 heteroatoms. The van der Waals surface area contributed by atoms with Crippen LogP contribution in [-0.4, -0.2) is 45.5 Å². The van der Waals surface area contributed by atoms with Gasteiger partial charge in [-0.25, -0.2) is 0 Å². The molecule has 10 nitrogen and oxygen atoms in total. The van der Waals surface area contributed by atoms with E-state index in [1.165, 1.54) is 13.8 Å². The fourth-order valence-electron chi connectivity index (χ4n) is 1.48. The molecule has 2 atom stereocenters. The van der Waals surface area contributed by atoms with Gasteiger partial charge in [0.1, 0.15) is 13.2 Å². The van der Waals surface area contributed by atoms with Crippen molar-refractivity contribution >= 4 is 11.4 Å². The molecule has 1 rings (SSSR count). The van der Waals surface area contributed by atoms with Gasteiger partial charge in [-0.05, 0) is 13.8 Å². The van der Waals surface area contributed by atoms with Crippen LogP contribution >= 0.6 is 0 Å². The third-order valence-electron chi connectivity index (χ3n) is 2.39. The third-order valence-corrected chi connectivity index (χ3v) is 2.39. The van der Waals surface area contributed by atoms with Gasteiger partial charge in [0, 0.05) is 0 Å². The largest absolute Gasteiger partial charge is 0.487 e. The predicted molar refractivity (Wildman–Crippen MR) is 74.1 cm³/mol. The average Bonchev–Trinajstić information content (AvgIpc) is 2.41. The van der Waals surface area contributed by atoms with E-state index >= 15 is 0 Å². The molecular weight excluding hydrogens is 300 g/mol. The summed E-state index contributed by atoms with van der Waals surface area (Å²) in [5, 5.41) is 40.2. The average molecular weight is 316 g/mol. The Kier molecular flexibility index (Phi) is 6.01. The lowest BCUT2D eigenvalue weighted by Crippen LogP contribution is -2.16. The van der Waals surface area contributed by atoms with E-state index in [2.05, 4.69) is 0 Å². The number of aliphatic hydroxyl groups is 2. The quantitative estimate of drug-likeness (QED) is 0.534. The first-order valence-electron chi connectivity index (χ1n) is 6.31. The molecule has 1 aromatic rings. The lowest BCUT2D eigenvalue weighted by atomic mass is 10.2. The van der Waals surface area contributed by atoms with Crippen molar-refractivity contribution in [3.63, 3.8) is 0 Å². The number of nitro benzene ring substituents is 2. The second kappa shape index (κ2) is 7.52. The lowest BCUT2D eigenvalue weighted by Gasteiger charge is -2.14. The van der Waals surface area contributed by atoms with E-state index < -0.39 is 33.4 Å². The van der Waals surface area contributed by atoms with E-state index in [1.807, 2.05) is 0 Å². The molecule has 0 amide bonds. The van der Waals surface area contributed by atoms with Gasteiger partial charge < -0.3 is 19.7 Å². The molecule has 0 aliphatic carbocycles. The van der Waals surface area contributed by atoms with Crippen LogP contribution in [0.4, 0.5) is 11.4 Å². The van der Waals surface area contributed by atoms with Crippen LogP contribution in [0.5, 0.6) is 11.5 Å². The molecule has 122 valence electrons. The van der Waals surface area contributed by atoms with E-state index in [4.69, 9.17) is 9.47 Å². The minimum atomic E-state index is -0.911. The Morgan fingerprint density at radius 2 is 1.27 bits per heavy atom.